The van der Waals surface area contributed by atoms with E-state index in [9.17, 15) is 0 Å². The fraction of sp³-hybridized carbons (Fsp3) is 0.714. The zero-order chi connectivity index (χ0) is 7.73. The van der Waals surface area contributed by atoms with Crippen molar-refractivity contribution in [2.45, 2.75) is 31.2 Å². The lowest BCUT2D eigenvalue weighted by molar-refractivity contribution is 0.433. The summed E-state index contributed by atoms with van der Waals surface area (Å²) in [6.45, 7) is 0. The molecule has 1 aromatic heterocycles. The fourth-order valence-corrected chi connectivity index (χ4v) is 1.69. The first-order chi connectivity index (χ1) is 5.31. The molecule has 1 heterocycles. The average molecular weight is 225 g/mol. The first-order valence-corrected chi connectivity index (χ1v) is 3.96. The second-order valence-electron chi connectivity index (χ2n) is 3.20. The number of hydrogen-bond acceptors (Lipinski definition) is 3. The smallest absolute Gasteiger partial charge is 0.144 e. The Hall–Kier alpha value is -0.320. The molecule has 2 rings (SSSR count). The van der Waals surface area contributed by atoms with Gasteiger partial charge in [-0.05, 0) is 12.8 Å². The van der Waals surface area contributed by atoms with Gasteiger partial charge in [0.05, 0.1) is 5.54 Å². The van der Waals surface area contributed by atoms with Gasteiger partial charge in [-0.2, -0.15) is 5.10 Å². The molecule has 0 aromatic carbocycles. The van der Waals surface area contributed by atoms with Crippen LogP contribution in [0.1, 0.15) is 31.5 Å². The Morgan fingerprint density at radius 3 is 2.38 bits per heavy atom. The Morgan fingerprint density at radius 1 is 1.31 bits per heavy atom. The van der Waals surface area contributed by atoms with E-state index in [1.54, 1.807) is 0 Å². The van der Waals surface area contributed by atoms with Crippen LogP contribution in [-0.4, -0.2) is 15.2 Å². The van der Waals surface area contributed by atoms with E-state index in [0.29, 0.717) is 0 Å². The lowest BCUT2D eigenvalue weighted by Gasteiger charge is -2.19. The summed E-state index contributed by atoms with van der Waals surface area (Å²) in [5, 5.41) is 6.63. The molecular weight excluding hydrogens is 211 g/mol. The number of nitrogens with one attached hydrogen (secondary N) is 1. The minimum absolute atomic E-state index is 0. The number of halogens is 2. The van der Waals surface area contributed by atoms with Gasteiger partial charge in [0.25, 0.3) is 0 Å². The van der Waals surface area contributed by atoms with E-state index in [-0.39, 0.29) is 30.4 Å². The molecule has 1 saturated carbocycles. The van der Waals surface area contributed by atoms with Crippen molar-refractivity contribution in [2.75, 3.05) is 0 Å². The van der Waals surface area contributed by atoms with Gasteiger partial charge in [-0.1, -0.05) is 12.8 Å². The van der Waals surface area contributed by atoms with Crippen LogP contribution in [0, 0.1) is 0 Å². The first-order valence-electron chi connectivity index (χ1n) is 3.96. The van der Waals surface area contributed by atoms with E-state index >= 15 is 0 Å². The number of nitrogens with zero attached hydrogens (tertiary/aromatic N) is 2. The normalized spacial score (nSPS) is 18.8. The molecule has 0 radical (unpaired) electrons. The Kier molecular flexibility index (Phi) is 4.67. The number of rotatable bonds is 1. The van der Waals surface area contributed by atoms with Crippen molar-refractivity contribution in [1.82, 2.24) is 15.2 Å². The van der Waals surface area contributed by atoms with Crippen molar-refractivity contribution in [3.63, 3.8) is 0 Å². The minimum atomic E-state index is -0.212. The predicted octanol–water partition coefficient (Wildman–Crippen LogP) is 1.38. The molecule has 4 nitrogen and oxygen atoms in total. The molecule has 76 valence electrons. The average Bonchev–Trinajstić information content (AvgIpc) is 2.55. The Labute approximate surface area is 89.5 Å². The molecule has 0 bridgehead atoms. The lowest BCUT2D eigenvalue weighted by atomic mass is 9.99. The van der Waals surface area contributed by atoms with Crippen LogP contribution >= 0.6 is 24.8 Å². The molecule has 1 aromatic rings. The van der Waals surface area contributed by atoms with Crippen LogP contribution < -0.4 is 5.73 Å². The monoisotopic (exact) mass is 224 g/mol. The number of hydrogen-bond donors (Lipinski definition) is 2. The molecule has 1 fully saturated rings. The molecule has 0 aliphatic heterocycles. The Balaban J connectivity index is 0.000000720. The summed E-state index contributed by atoms with van der Waals surface area (Å²) in [6.07, 6.45) is 5.99. The van der Waals surface area contributed by atoms with Gasteiger partial charge in [0, 0.05) is 0 Å². The maximum Gasteiger partial charge on any atom is 0.144 e. The quantitative estimate of drug-likeness (QED) is 0.758. The highest BCUT2D eigenvalue weighted by atomic mass is 35.5. The molecule has 3 N–H and O–H groups in total. The molecule has 0 spiro atoms. The van der Waals surface area contributed by atoms with Crippen molar-refractivity contribution in [2.24, 2.45) is 5.73 Å². The number of nitrogens with two attached hydrogens (primary N) is 1. The molecule has 6 heteroatoms. The molecule has 1 aliphatic carbocycles. The van der Waals surface area contributed by atoms with Crippen molar-refractivity contribution in [3.8, 4) is 0 Å². The summed E-state index contributed by atoms with van der Waals surface area (Å²) in [5.74, 6) is 0.843. The van der Waals surface area contributed by atoms with Crippen LogP contribution in [-0.2, 0) is 5.54 Å². The lowest BCUT2D eigenvalue weighted by Crippen LogP contribution is -2.34. The highest BCUT2D eigenvalue weighted by Crippen LogP contribution is 2.33. The summed E-state index contributed by atoms with van der Waals surface area (Å²) < 4.78 is 0. The summed E-state index contributed by atoms with van der Waals surface area (Å²) in [6, 6.07) is 0. The van der Waals surface area contributed by atoms with Crippen LogP contribution in [0.2, 0.25) is 0 Å². The van der Waals surface area contributed by atoms with Crippen molar-refractivity contribution in [1.29, 1.82) is 0 Å². The van der Waals surface area contributed by atoms with E-state index < -0.39 is 0 Å². The van der Waals surface area contributed by atoms with Gasteiger partial charge < -0.3 is 5.73 Å². The number of aromatic amines is 1. The van der Waals surface area contributed by atoms with Gasteiger partial charge in [-0.3, -0.25) is 5.10 Å². The first kappa shape index (κ1) is 12.7. The molecule has 0 saturated heterocycles. The van der Waals surface area contributed by atoms with Gasteiger partial charge in [0.2, 0.25) is 0 Å². The van der Waals surface area contributed by atoms with Crippen LogP contribution in [0.5, 0.6) is 0 Å². The topological polar surface area (TPSA) is 67.6 Å². The standard InChI is InChI=1S/C7H12N4.2ClH/c8-7(3-1-2-4-7)6-9-5-10-11-6;;/h5H,1-4,8H2,(H,9,10,11);2*1H. The summed E-state index contributed by atoms with van der Waals surface area (Å²) >= 11 is 0. The molecule has 0 atom stereocenters. The Morgan fingerprint density at radius 2 is 1.92 bits per heavy atom. The maximum atomic E-state index is 6.09. The van der Waals surface area contributed by atoms with Gasteiger partial charge in [-0.25, -0.2) is 4.98 Å². The molecule has 0 amide bonds. The number of H-pyrrole nitrogens is 1. The van der Waals surface area contributed by atoms with Crippen LogP contribution in [0.4, 0.5) is 0 Å². The van der Waals surface area contributed by atoms with Crippen LogP contribution in [0.3, 0.4) is 0 Å². The molecule has 0 unspecified atom stereocenters. The third kappa shape index (κ3) is 2.33. The molecule has 13 heavy (non-hydrogen) atoms. The van der Waals surface area contributed by atoms with Crippen LogP contribution in [0.15, 0.2) is 6.33 Å². The summed E-state index contributed by atoms with van der Waals surface area (Å²) in [4.78, 5) is 4.08. The highest BCUT2D eigenvalue weighted by molar-refractivity contribution is 5.85. The van der Waals surface area contributed by atoms with E-state index in [1.807, 2.05) is 0 Å². The number of aromatic nitrogens is 3. The second-order valence-corrected chi connectivity index (χ2v) is 3.20. The van der Waals surface area contributed by atoms with E-state index in [4.69, 9.17) is 5.73 Å². The van der Waals surface area contributed by atoms with Crippen molar-refractivity contribution >= 4 is 24.8 Å². The van der Waals surface area contributed by atoms with Crippen molar-refractivity contribution < 1.29 is 0 Å². The van der Waals surface area contributed by atoms with Gasteiger partial charge in [-0.15, -0.1) is 24.8 Å². The van der Waals surface area contributed by atoms with Crippen molar-refractivity contribution in [3.05, 3.63) is 12.2 Å². The van der Waals surface area contributed by atoms with Gasteiger partial charge in [0.15, 0.2) is 0 Å². The third-order valence-electron chi connectivity index (χ3n) is 2.38. The fourth-order valence-electron chi connectivity index (χ4n) is 1.69. The molecule has 1 aliphatic rings. The van der Waals surface area contributed by atoms with E-state index in [1.165, 1.54) is 19.2 Å². The zero-order valence-electron chi connectivity index (χ0n) is 7.19. The van der Waals surface area contributed by atoms with Gasteiger partial charge in [0.1, 0.15) is 12.2 Å². The SMILES string of the molecule is Cl.Cl.NC1(c2ncn[nH]2)CCCC1. The third-order valence-corrected chi connectivity index (χ3v) is 2.38. The van der Waals surface area contributed by atoms with Crippen LogP contribution in [0.25, 0.3) is 0 Å². The van der Waals surface area contributed by atoms with E-state index in [2.05, 4.69) is 15.2 Å². The summed E-state index contributed by atoms with van der Waals surface area (Å²) in [7, 11) is 0. The zero-order valence-corrected chi connectivity index (χ0v) is 8.83. The largest absolute Gasteiger partial charge is 0.319 e. The predicted molar refractivity (Wildman–Crippen MR) is 55.2 cm³/mol. The second kappa shape index (κ2) is 4.79. The van der Waals surface area contributed by atoms with E-state index in [0.717, 1.165) is 18.7 Å². The summed E-state index contributed by atoms with van der Waals surface area (Å²) in [5.41, 5.74) is 5.88. The Bertz CT molecular complexity index is 231. The molecular formula is C7H14Cl2N4. The maximum absolute atomic E-state index is 6.09. The van der Waals surface area contributed by atoms with Gasteiger partial charge >= 0.3 is 0 Å². The highest BCUT2D eigenvalue weighted by Gasteiger charge is 2.33. The minimum Gasteiger partial charge on any atom is -0.319 e.